The first-order chi connectivity index (χ1) is 8.77. The molecule has 0 saturated carbocycles. The minimum Gasteiger partial charge on any atom is -0.494 e. The van der Waals surface area contributed by atoms with Gasteiger partial charge in [0.2, 0.25) is 10.0 Å². The summed E-state index contributed by atoms with van der Waals surface area (Å²) in [4.78, 5) is 9.93. The van der Waals surface area contributed by atoms with Gasteiger partial charge < -0.3 is 14.9 Å². The summed E-state index contributed by atoms with van der Waals surface area (Å²) in [6.45, 7) is -0.717. The molecule has 0 saturated heterocycles. The lowest BCUT2D eigenvalue weighted by Crippen LogP contribution is -2.36. The lowest BCUT2D eigenvalue weighted by Gasteiger charge is -2.09. The molecule has 0 unspecified atom stereocenters. The first-order valence-corrected chi connectivity index (χ1v) is 6.50. The summed E-state index contributed by atoms with van der Waals surface area (Å²) in [6.07, 6.45) is -1.88. The molecule has 1 atom stereocenters. The highest BCUT2D eigenvalue weighted by Gasteiger charge is 2.20. The van der Waals surface area contributed by atoms with Gasteiger partial charge in [0.25, 0.3) is 0 Å². The number of carboxylic acid groups (broad SMARTS) is 1. The predicted molar refractivity (Wildman–Crippen MR) is 61.8 cm³/mol. The predicted octanol–water partition coefficient (Wildman–Crippen LogP) is -0.442. The van der Waals surface area contributed by atoms with Gasteiger partial charge in [-0.05, 0) is 18.2 Å². The van der Waals surface area contributed by atoms with E-state index in [-0.39, 0.29) is 5.75 Å². The SMILES string of the molecule is COc1ccc(S(=O)(=O)NC[C@H](O)C(=O)O)cc1F. The number of sulfonamides is 1. The normalized spacial score (nSPS) is 13.0. The Balaban J connectivity index is 2.89. The number of aliphatic carboxylic acids is 1. The molecule has 106 valence electrons. The van der Waals surface area contributed by atoms with Crippen LogP contribution in [0.1, 0.15) is 0 Å². The zero-order chi connectivity index (χ0) is 14.6. The van der Waals surface area contributed by atoms with Crippen molar-refractivity contribution in [1.82, 2.24) is 4.72 Å². The third-order valence-corrected chi connectivity index (χ3v) is 3.61. The summed E-state index contributed by atoms with van der Waals surface area (Å²) >= 11 is 0. The molecule has 1 rings (SSSR count). The van der Waals surface area contributed by atoms with Gasteiger partial charge in [-0.2, -0.15) is 0 Å². The van der Waals surface area contributed by atoms with E-state index < -0.39 is 39.4 Å². The minimum absolute atomic E-state index is 0.121. The molecule has 0 amide bonds. The van der Waals surface area contributed by atoms with Crippen molar-refractivity contribution in [3.05, 3.63) is 24.0 Å². The summed E-state index contributed by atoms with van der Waals surface area (Å²) in [5, 5.41) is 17.4. The minimum atomic E-state index is -4.11. The maximum atomic E-state index is 13.3. The van der Waals surface area contributed by atoms with E-state index >= 15 is 0 Å². The monoisotopic (exact) mass is 293 g/mol. The number of nitrogens with one attached hydrogen (secondary N) is 1. The van der Waals surface area contributed by atoms with Crippen LogP contribution in [0.25, 0.3) is 0 Å². The van der Waals surface area contributed by atoms with Crippen LogP contribution in [0.5, 0.6) is 5.75 Å². The van der Waals surface area contributed by atoms with Gasteiger partial charge in [0.15, 0.2) is 17.7 Å². The van der Waals surface area contributed by atoms with Gasteiger partial charge in [0.05, 0.1) is 12.0 Å². The summed E-state index contributed by atoms with van der Waals surface area (Å²) in [6, 6.07) is 2.95. The Morgan fingerprint density at radius 3 is 2.63 bits per heavy atom. The molecule has 0 bridgehead atoms. The number of ether oxygens (including phenoxy) is 1. The highest BCUT2D eigenvalue weighted by molar-refractivity contribution is 7.89. The van der Waals surface area contributed by atoms with Crippen molar-refractivity contribution >= 4 is 16.0 Å². The van der Waals surface area contributed by atoms with Crippen molar-refractivity contribution in [1.29, 1.82) is 0 Å². The van der Waals surface area contributed by atoms with Gasteiger partial charge >= 0.3 is 5.97 Å². The quantitative estimate of drug-likeness (QED) is 0.655. The lowest BCUT2D eigenvalue weighted by molar-refractivity contribution is -0.146. The van der Waals surface area contributed by atoms with Crippen LogP contribution in [0.2, 0.25) is 0 Å². The average molecular weight is 293 g/mol. The molecule has 0 fully saturated rings. The Morgan fingerprint density at radius 2 is 2.16 bits per heavy atom. The summed E-state index contributed by atoms with van der Waals surface area (Å²) in [5.41, 5.74) is 0. The van der Waals surface area contributed by atoms with Gasteiger partial charge in [-0.3, -0.25) is 0 Å². The number of methoxy groups -OCH3 is 1. The second kappa shape index (κ2) is 5.95. The Bertz CT molecular complexity index is 573. The Hall–Kier alpha value is -1.71. The third-order valence-electron chi connectivity index (χ3n) is 2.19. The summed E-state index contributed by atoms with van der Waals surface area (Å²) in [7, 11) is -2.88. The van der Waals surface area contributed by atoms with Gasteiger partial charge in [-0.15, -0.1) is 0 Å². The van der Waals surface area contributed by atoms with E-state index in [4.69, 9.17) is 10.2 Å². The average Bonchev–Trinajstić information content (AvgIpc) is 2.35. The number of carboxylic acids is 1. The highest BCUT2D eigenvalue weighted by Crippen LogP contribution is 2.20. The van der Waals surface area contributed by atoms with Crippen molar-refractivity contribution in [2.24, 2.45) is 0 Å². The number of aliphatic hydroxyl groups excluding tert-OH is 1. The number of hydrogen-bond acceptors (Lipinski definition) is 5. The molecule has 1 aromatic carbocycles. The maximum absolute atomic E-state index is 13.3. The number of benzene rings is 1. The molecule has 0 aliphatic carbocycles. The van der Waals surface area contributed by atoms with E-state index in [0.717, 1.165) is 18.2 Å². The van der Waals surface area contributed by atoms with Gasteiger partial charge in [-0.1, -0.05) is 0 Å². The molecule has 3 N–H and O–H groups in total. The number of rotatable bonds is 6. The van der Waals surface area contributed by atoms with E-state index in [1.54, 1.807) is 0 Å². The Labute approximate surface area is 108 Å². The first-order valence-electron chi connectivity index (χ1n) is 5.02. The molecule has 0 aliphatic heterocycles. The van der Waals surface area contributed by atoms with Crippen LogP contribution in [0, 0.1) is 5.82 Å². The summed E-state index contributed by atoms with van der Waals surface area (Å²) < 4.78 is 43.2. The first kappa shape index (κ1) is 15.3. The van der Waals surface area contributed by atoms with Crippen molar-refractivity contribution in [2.75, 3.05) is 13.7 Å². The zero-order valence-electron chi connectivity index (χ0n) is 9.83. The molecular weight excluding hydrogens is 281 g/mol. The molecule has 9 heteroatoms. The van der Waals surface area contributed by atoms with E-state index in [0.29, 0.717) is 0 Å². The van der Waals surface area contributed by atoms with Crippen LogP contribution in [-0.4, -0.2) is 44.4 Å². The van der Waals surface area contributed by atoms with Crippen molar-refractivity contribution in [3.63, 3.8) is 0 Å². The number of aliphatic hydroxyl groups is 1. The van der Waals surface area contributed by atoms with E-state index in [1.807, 2.05) is 4.72 Å². The standard InChI is InChI=1S/C10H12FNO6S/c1-18-9-3-2-6(4-7(9)11)19(16,17)12-5-8(13)10(14)15/h2-4,8,12-13H,5H2,1H3,(H,14,15)/t8-/m0/s1. The molecule has 0 aliphatic rings. The summed E-state index contributed by atoms with van der Waals surface area (Å²) in [5.74, 6) is -2.56. The van der Waals surface area contributed by atoms with Crippen LogP contribution in [0.3, 0.4) is 0 Å². The van der Waals surface area contributed by atoms with Crippen LogP contribution >= 0.6 is 0 Å². The van der Waals surface area contributed by atoms with Crippen LogP contribution in [0.4, 0.5) is 4.39 Å². The van der Waals surface area contributed by atoms with Gasteiger partial charge in [0, 0.05) is 6.54 Å². The molecule has 19 heavy (non-hydrogen) atoms. The second-order valence-electron chi connectivity index (χ2n) is 3.50. The van der Waals surface area contributed by atoms with E-state index in [2.05, 4.69) is 4.74 Å². The van der Waals surface area contributed by atoms with E-state index in [1.165, 1.54) is 7.11 Å². The Kier molecular flexibility index (Phi) is 4.81. The van der Waals surface area contributed by atoms with Crippen molar-refractivity contribution in [3.8, 4) is 5.75 Å². The topological polar surface area (TPSA) is 113 Å². The Morgan fingerprint density at radius 1 is 1.53 bits per heavy atom. The van der Waals surface area contributed by atoms with Gasteiger partial charge in [0.1, 0.15) is 0 Å². The molecule has 0 spiro atoms. The number of halogens is 1. The third kappa shape index (κ3) is 3.88. The fourth-order valence-electron chi connectivity index (χ4n) is 1.17. The van der Waals surface area contributed by atoms with Crippen LogP contribution in [-0.2, 0) is 14.8 Å². The fraction of sp³-hybridized carbons (Fsp3) is 0.300. The molecule has 0 heterocycles. The van der Waals surface area contributed by atoms with E-state index in [9.17, 15) is 17.6 Å². The lowest BCUT2D eigenvalue weighted by atomic mass is 10.3. The van der Waals surface area contributed by atoms with Crippen LogP contribution in [0.15, 0.2) is 23.1 Å². The molecular formula is C10H12FNO6S. The van der Waals surface area contributed by atoms with Crippen molar-refractivity contribution in [2.45, 2.75) is 11.0 Å². The largest absolute Gasteiger partial charge is 0.494 e. The molecule has 7 nitrogen and oxygen atoms in total. The number of hydrogen-bond donors (Lipinski definition) is 3. The van der Waals surface area contributed by atoms with Gasteiger partial charge in [-0.25, -0.2) is 22.3 Å². The smallest absolute Gasteiger partial charge is 0.333 e. The highest BCUT2D eigenvalue weighted by atomic mass is 32.2. The second-order valence-corrected chi connectivity index (χ2v) is 5.27. The van der Waals surface area contributed by atoms with Crippen LogP contribution < -0.4 is 9.46 Å². The fourth-order valence-corrected chi connectivity index (χ4v) is 2.22. The zero-order valence-corrected chi connectivity index (χ0v) is 10.6. The van der Waals surface area contributed by atoms with Crippen molar-refractivity contribution < 1.29 is 32.6 Å². The number of carbonyl (C=O) groups is 1. The maximum Gasteiger partial charge on any atom is 0.333 e. The molecule has 1 aromatic rings. The molecule has 0 radical (unpaired) electrons. The molecule has 0 aromatic heterocycles.